The van der Waals surface area contributed by atoms with Crippen molar-refractivity contribution in [2.75, 3.05) is 0 Å². The third-order valence-corrected chi connectivity index (χ3v) is 1.73. The molecule has 0 aromatic carbocycles. The maximum Gasteiger partial charge on any atom is 0.332 e. The Bertz CT molecular complexity index is 240. The van der Waals surface area contributed by atoms with Gasteiger partial charge in [0.25, 0.3) is 0 Å². The fraction of sp³-hybridized carbons (Fsp3) is 0.556. The van der Waals surface area contributed by atoms with Crippen LogP contribution in [0.2, 0.25) is 0 Å². The van der Waals surface area contributed by atoms with Gasteiger partial charge in [-0.1, -0.05) is 20.3 Å². The predicted molar refractivity (Wildman–Crippen MR) is 47.5 cm³/mol. The number of carbonyl (C=O) groups is 2. The first-order valence-corrected chi connectivity index (χ1v) is 4.23. The molecular formula is C9H14O4. The molecule has 0 fully saturated rings. The molecular weight excluding hydrogens is 172 g/mol. The second kappa shape index (κ2) is 5.35. The molecule has 4 heteroatoms. The summed E-state index contributed by atoms with van der Waals surface area (Å²) in [6.07, 6.45) is 1.19. The minimum Gasteiger partial charge on any atom is -0.478 e. The van der Waals surface area contributed by atoms with E-state index in [1.807, 2.05) is 6.92 Å². The minimum absolute atomic E-state index is 0.00866. The number of carboxylic acid groups (broad SMARTS) is 2. The van der Waals surface area contributed by atoms with Crippen LogP contribution in [0.25, 0.3) is 0 Å². The van der Waals surface area contributed by atoms with Crippen LogP contribution in [0.5, 0.6) is 0 Å². The van der Waals surface area contributed by atoms with Gasteiger partial charge in [-0.3, -0.25) is 0 Å². The van der Waals surface area contributed by atoms with Gasteiger partial charge in [0.15, 0.2) is 0 Å². The zero-order chi connectivity index (χ0) is 10.4. The van der Waals surface area contributed by atoms with Gasteiger partial charge in [-0.25, -0.2) is 9.59 Å². The average molecular weight is 186 g/mol. The number of aliphatic carboxylic acids is 2. The van der Waals surface area contributed by atoms with Crippen molar-refractivity contribution >= 4 is 11.9 Å². The van der Waals surface area contributed by atoms with Crippen LogP contribution in [0.4, 0.5) is 0 Å². The van der Waals surface area contributed by atoms with E-state index in [-0.39, 0.29) is 17.6 Å². The molecule has 0 aromatic heterocycles. The first-order chi connectivity index (χ1) is 6.04. The third-order valence-electron chi connectivity index (χ3n) is 1.73. The van der Waals surface area contributed by atoms with Gasteiger partial charge in [0.05, 0.1) is 0 Å². The molecule has 0 aliphatic carbocycles. The molecule has 0 aliphatic heterocycles. The van der Waals surface area contributed by atoms with Crippen molar-refractivity contribution < 1.29 is 19.8 Å². The lowest BCUT2D eigenvalue weighted by atomic mass is 10.0. The van der Waals surface area contributed by atoms with E-state index >= 15 is 0 Å². The van der Waals surface area contributed by atoms with Crippen molar-refractivity contribution in [2.24, 2.45) is 0 Å². The summed E-state index contributed by atoms with van der Waals surface area (Å²) < 4.78 is 0. The van der Waals surface area contributed by atoms with Crippen molar-refractivity contribution in [3.63, 3.8) is 0 Å². The first kappa shape index (κ1) is 11.7. The summed E-state index contributed by atoms with van der Waals surface area (Å²) in [5.74, 6) is -2.26. The summed E-state index contributed by atoms with van der Waals surface area (Å²) in [5, 5.41) is 17.4. The molecule has 0 bridgehead atoms. The molecule has 13 heavy (non-hydrogen) atoms. The van der Waals surface area contributed by atoms with E-state index in [0.717, 1.165) is 0 Å². The largest absolute Gasteiger partial charge is 0.478 e. The van der Waals surface area contributed by atoms with Gasteiger partial charge in [0.2, 0.25) is 0 Å². The second-order valence-electron chi connectivity index (χ2n) is 2.67. The Labute approximate surface area is 76.9 Å². The highest BCUT2D eigenvalue weighted by atomic mass is 16.4. The molecule has 74 valence electrons. The predicted octanol–water partition coefficient (Wildman–Crippen LogP) is 1.66. The van der Waals surface area contributed by atoms with E-state index in [0.29, 0.717) is 12.8 Å². The number of rotatable bonds is 5. The summed E-state index contributed by atoms with van der Waals surface area (Å²) in [7, 11) is 0. The number of hydrogen-bond donors (Lipinski definition) is 2. The van der Waals surface area contributed by atoms with E-state index in [9.17, 15) is 9.59 Å². The van der Waals surface area contributed by atoms with E-state index in [1.165, 1.54) is 0 Å². The second-order valence-corrected chi connectivity index (χ2v) is 2.67. The molecule has 0 unspecified atom stereocenters. The van der Waals surface area contributed by atoms with Crippen LogP contribution in [0, 0.1) is 0 Å². The summed E-state index contributed by atoms with van der Waals surface area (Å²) >= 11 is 0. The SMILES string of the molecule is CCC/C(C(=O)O)=C(\CC)C(=O)O. The van der Waals surface area contributed by atoms with E-state index in [2.05, 4.69) is 0 Å². The molecule has 0 aromatic rings. The van der Waals surface area contributed by atoms with Crippen molar-refractivity contribution in [1.82, 2.24) is 0 Å². The van der Waals surface area contributed by atoms with Crippen LogP contribution >= 0.6 is 0 Å². The van der Waals surface area contributed by atoms with Crippen LogP contribution in [-0.4, -0.2) is 22.2 Å². The lowest BCUT2D eigenvalue weighted by Crippen LogP contribution is -2.10. The fourth-order valence-electron chi connectivity index (χ4n) is 1.13. The Kier molecular flexibility index (Phi) is 4.80. The van der Waals surface area contributed by atoms with Crippen LogP contribution in [0.1, 0.15) is 33.1 Å². The average Bonchev–Trinajstić information content (AvgIpc) is 2.03. The summed E-state index contributed by atoms with van der Waals surface area (Å²) in [6.45, 7) is 3.46. The fourth-order valence-corrected chi connectivity index (χ4v) is 1.13. The van der Waals surface area contributed by atoms with Gasteiger partial charge < -0.3 is 10.2 Å². The molecule has 0 spiro atoms. The Morgan fingerprint density at radius 2 is 1.46 bits per heavy atom. The Morgan fingerprint density at radius 1 is 1.00 bits per heavy atom. The van der Waals surface area contributed by atoms with Crippen LogP contribution < -0.4 is 0 Å². The zero-order valence-corrected chi connectivity index (χ0v) is 7.83. The van der Waals surface area contributed by atoms with Gasteiger partial charge >= 0.3 is 11.9 Å². The number of hydrogen-bond acceptors (Lipinski definition) is 2. The standard InChI is InChI=1S/C9H14O4/c1-3-5-7(9(12)13)6(4-2)8(10)11/h3-5H2,1-2H3,(H,10,11)(H,12,13)/b7-6-. The molecule has 0 aliphatic rings. The maximum absolute atomic E-state index is 10.7. The Morgan fingerprint density at radius 3 is 1.69 bits per heavy atom. The molecule has 0 amide bonds. The Balaban J connectivity index is 5.00. The van der Waals surface area contributed by atoms with Crippen molar-refractivity contribution in [2.45, 2.75) is 33.1 Å². The maximum atomic E-state index is 10.7. The third kappa shape index (κ3) is 3.27. The molecule has 0 rings (SSSR count). The molecule has 2 N–H and O–H groups in total. The van der Waals surface area contributed by atoms with Gasteiger partial charge in [-0.05, 0) is 12.8 Å². The first-order valence-electron chi connectivity index (χ1n) is 4.23. The minimum atomic E-state index is -1.13. The summed E-state index contributed by atoms with van der Waals surface area (Å²) in [6, 6.07) is 0. The van der Waals surface area contributed by atoms with E-state index in [4.69, 9.17) is 10.2 Å². The van der Waals surface area contributed by atoms with Gasteiger partial charge in [-0.15, -0.1) is 0 Å². The quantitative estimate of drug-likeness (QED) is 0.640. The highest BCUT2D eigenvalue weighted by Crippen LogP contribution is 2.14. The van der Waals surface area contributed by atoms with E-state index in [1.54, 1.807) is 6.92 Å². The summed E-state index contributed by atoms with van der Waals surface area (Å²) in [5.41, 5.74) is 0.0341. The normalized spacial score (nSPS) is 12.2. The van der Waals surface area contributed by atoms with Crippen molar-refractivity contribution in [3.8, 4) is 0 Å². The number of carboxylic acids is 2. The van der Waals surface area contributed by atoms with Crippen molar-refractivity contribution in [1.29, 1.82) is 0 Å². The van der Waals surface area contributed by atoms with Gasteiger partial charge in [0, 0.05) is 11.1 Å². The molecule has 0 atom stereocenters. The highest BCUT2D eigenvalue weighted by Gasteiger charge is 2.17. The van der Waals surface area contributed by atoms with Crippen molar-refractivity contribution in [3.05, 3.63) is 11.1 Å². The molecule has 0 radical (unpaired) electrons. The lowest BCUT2D eigenvalue weighted by molar-refractivity contribution is -0.136. The Hall–Kier alpha value is -1.32. The van der Waals surface area contributed by atoms with Gasteiger partial charge in [-0.2, -0.15) is 0 Å². The smallest absolute Gasteiger partial charge is 0.332 e. The van der Waals surface area contributed by atoms with Crippen LogP contribution in [0.15, 0.2) is 11.1 Å². The molecule has 0 saturated carbocycles. The highest BCUT2D eigenvalue weighted by molar-refractivity contribution is 5.98. The molecule has 0 saturated heterocycles. The van der Waals surface area contributed by atoms with Crippen LogP contribution in [0.3, 0.4) is 0 Å². The van der Waals surface area contributed by atoms with Crippen LogP contribution in [-0.2, 0) is 9.59 Å². The topological polar surface area (TPSA) is 74.6 Å². The molecule has 4 nitrogen and oxygen atoms in total. The van der Waals surface area contributed by atoms with Gasteiger partial charge in [0.1, 0.15) is 0 Å². The zero-order valence-electron chi connectivity index (χ0n) is 7.83. The van der Waals surface area contributed by atoms with E-state index < -0.39 is 11.9 Å². The monoisotopic (exact) mass is 186 g/mol. The summed E-state index contributed by atoms with van der Waals surface area (Å²) in [4.78, 5) is 21.3. The molecule has 0 heterocycles. The lowest BCUT2D eigenvalue weighted by Gasteiger charge is -2.04.